The number of hydrogen-bond donors (Lipinski definition) is 1. The van der Waals surface area contributed by atoms with Crippen LogP contribution in [0.3, 0.4) is 0 Å². The Bertz CT molecular complexity index is 299. The van der Waals surface area contributed by atoms with Gasteiger partial charge in [0, 0.05) is 17.1 Å². The average molecular weight is 228 g/mol. The third-order valence-electron chi connectivity index (χ3n) is 2.59. The average Bonchev–Trinajstić information content (AvgIpc) is 2.26. The highest BCUT2D eigenvalue weighted by Crippen LogP contribution is 2.22. The van der Waals surface area contributed by atoms with E-state index in [2.05, 4.69) is 18.7 Å². The number of likely N-dealkylation sites (N-methyl/N-ethyl adjacent to an activating group) is 1. The van der Waals surface area contributed by atoms with Crippen molar-refractivity contribution in [3.05, 3.63) is 34.9 Å². The summed E-state index contributed by atoms with van der Waals surface area (Å²) in [5.74, 6) is 0. The molecular weight excluding hydrogens is 210 g/mol. The maximum absolute atomic E-state index is 10.0. The summed E-state index contributed by atoms with van der Waals surface area (Å²) in [6.07, 6.45) is -0.501. The van der Waals surface area contributed by atoms with Gasteiger partial charge in [0.15, 0.2) is 0 Å². The van der Waals surface area contributed by atoms with Crippen LogP contribution in [0.25, 0.3) is 0 Å². The standard InChI is InChI=1S/C12H18ClNO/c1-3-14(4-2)9-12(15)10-7-5-6-8-11(10)13/h5-8,12,15H,3-4,9H2,1-2H3/t12-/m1/s1. The normalized spacial score (nSPS) is 13.1. The van der Waals surface area contributed by atoms with Crippen molar-refractivity contribution in [3.63, 3.8) is 0 Å². The van der Waals surface area contributed by atoms with Gasteiger partial charge in [-0.1, -0.05) is 43.6 Å². The van der Waals surface area contributed by atoms with Crippen LogP contribution in [0.1, 0.15) is 25.5 Å². The Kier molecular flexibility index (Phi) is 5.09. The largest absolute Gasteiger partial charge is 0.387 e. The van der Waals surface area contributed by atoms with Gasteiger partial charge in [0.25, 0.3) is 0 Å². The first-order chi connectivity index (χ1) is 7.19. The van der Waals surface area contributed by atoms with E-state index in [1.807, 2.05) is 24.3 Å². The van der Waals surface area contributed by atoms with Gasteiger partial charge in [-0.25, -0.2) is 0 Å². The van der Waals surface area contributed by atoms with Crippen LogP contribution in [-0.2, 0) is 0 Å². The first-order valence-corrected chi connectivity index (χ1v) is 5.71. The molecule has 0 aliphatic rings. The quantitative estimate of drug-likeness (QED) is 0.836. The van der Waals surface area contributed by atoms with E-state index in [0.717, 1.165) is 18.7 Å². The molecule has 3 heteroatoms. The van der Waals surface area contributed by atoms with Crippen LogP contribution in [-0.4, -0.2) is 29.6 Å². The molecule has 0 saturated carbocycles. The lowest BCUT2D eigenvalue weighted by atomic mass is 10.1. The van der Waals surface area contributed by atoms with Gasteiger partial charge >= 0.3 is 0 Å². The fourth-order valence-electron chi connectivity index (χ4n) is 1.57. The van der Waals surface area contributed by atoms with Crippen LogP contribution in [0.2, 0.25) is 5.02 Å². The van der Waals surface area contributed by atoms with E-state index in [1.165, 1.54) is 0 Å². The van der Waals surface area contributed by atoms with Crippen molar-refractivity contribution in [1.82, 2.24) is 4.90 Å². The van der Waals surface area contributed by atoms with E-state index in [4.69, 9.17) is 11.6 Å². The molecule has 0 spiro atoms. The van der Waals surface area contributed by atoms with Crippen LogP contribution >= 0.6 is 11.6 Å². The second-order valence-electron chi connectivity index (χ2n) is 3.52. The van der Waals surface area contributed by atoms with Gasteiger partial charge in [-0.2, -0.15) is 0 Å². The summed E-state index contributed by atoms with van der Waals surface area (Å²) in [6, 6.07) is 7.45. The number of halogens is 1. The third-order valence-corrected chi connectivity index (χ3v) is 2.93. The highest BCUT2D eigenvalue weighted by atomic mass is 35.5. The first-order valence-electron chi connectivity index (χ1n) is 5.33. The molecule has 0 bridgehead atoms. The van der Waals surface area contributed by atoms with Gasteiger partial charge in [0.1, 0.15) is 0 Å². The highest BCUT2D eigenvalue weighted by Gasteiger charge is 2.13. The molecule has 15 heavy (non-hydrogen) atoms. The number of nitrogens with zero attached hydrogens (tertiary/aromatic N) is 1. The van der Waals surface area contributed by atoms with Gasteiger partial charge in [-0.3, -0.25) is 0 Å². The van der Waals surface area contributed by atoms with E-state index in [9.17, 15) is 5.11 Å². The van der Waals surface area contributed by atoms with E-state index >= 15 is 0 Å². The van der Waals surface area contributed by atoms with E-state index < -0.39 is 6.10 Å². The molecule has 84 valence electrons. The van der Waals surface area contributed by atoms with Crippen LogP contribution in [0.15, 0.2) is 24.3 Å². The summed E-state index contributed by atoms with van der Waals surface area (Å²) in [4.78, 5) is 2.17. The van der Waals surface area contributed by atoms with Crippen molar-refractivity contribution in [2.24, 2.45) is 0 Å². The Morgan fingerprint density at radius 2 is 1.87 bits per heavy atom. The smallest absolute Gasteiger partial charge is 0.0931 e. The Labute approximate surface area is 96.5 Å². The number of rotatable bonds is 5. The van der Waals surface area contributed by atoms with Crippen LogP contribution in [0.4, 0.5) is 0 Å². The Morgan fingerprint density at radius 1 is 1.27 bits per heavy atom. The fraction of sp³-hybridized carbons (Fsp3) is 0.500. The number of aliphatic hydroxyl groups excluding tert-OH is 1. The third kappa shape index (κ3) is 3.49. The van der Waals surface area contributed by atoms with Crippen LogP contribution in [0.5, 0.6) is 0 Å². The zero-order chi connectivity index (χ0) is 11.3. The van der Waals surface area contributed by atoms with E-state index in [0.29, 0.717) is 11.6 Å². The van der Waals surface area contributed by atoms with Crippen molar-refractivity contribution in [3.8, 4) is 0 Å². The summed E-state index contributed by atoms with van der Waals surface area (Å²) < 4.78 is 0. The van der Waals surface area contributed by atoms with Crippen molar-refractivity contribution in [1.29, 1.82) is 0 Å². The molecule has 0 aromatic heterocycles. The molecule has 0 fully saturated rings. The molecule has 0 aliphatic carbocycles. The summed E-state index contributed by atoms with van der Waals surface area (Å²) in [6.45, 7) is 6.69. The molecule has 1 aromatic carbocycles. The lowest BCUT2D eigenvalue weighted by Gasteiger charge is -2.22. The summed E-state index contributed by atoms with van der Waals surface area (Å²) in [7, 11) is 0. The van der Waals surface area contributed by atoms with Crippen molar-refractivity contribution < 1.29 is 5.11 Å². The second-order valence-corrected chi connectivity index (χ2v) is 3.93. The monoisotopic (exact) mass is 227 g/mol. The van der Waals surface area contributed by atoms with Gasteiger partial charge in [-0.05, 0) is 19.2 Å². The van der Waals surface area contributed by atoms with Crippen molar-refractivity contribution in [2.45, 2.75) is 20.0 Å². The van der Waals surface area contributed by atoms with Crippen molar-refractivity contribution in [2.75, 3.05) is 19.6 Å². The summed E-state index contributed by atoms with van der Waals surface area (Å²) >= 11 is 6.01. The second kappa shape index (κ2) is 6.11. The molecule has 0 radical (unpaired) electrons. The fourth-order valence-corrected chi connectivity index (χ4v) is 1.83. The molecular formula is C12H18ClNO. The molecule has 1 aromatic rings. The van der Waals surface area contributed by atoms with Gasteiger partial charge < -0.3 is 10.0 Å². The number of hydrogen-bond acceptors (Lipinski definition) is 2. The Balaban J connectivity index is 2.68. The molecule has 1 rings (SSSR count). The molecule has 0 aliphatic heterocycles. The lowest BCUT2D eigenvalue weighted by Crippen LogP contribution is -2.28. The van der Waals surface area contributed by atoms with Gasteiger partial charge in [0.05, 0.1) is 6.10 Å². The number of aliphatic hydroxyl groups is 1. The van der Waals surface area contributed by atoms with Crippen LogP contribution < -0.4 is 0 Å². The Hall–Kier alpha value is -0.570. The first kappa shape index (κ1) is 12.5. The molecule has 0 amide bonds. The van der Waals surface area contributed by atoms with Crippen molar-refractivity contribution >= 4 is 11.6 Å². The molecule has 0 saturated heterocycles. The predicted molar refractivity (Wildman–Crippen MR) is 64.2 cm³/mol. The highest BCUT2D eigenvalue weighted by molar-refractivity contribution is 6.31. The topological polar surface area (TPSA) is 23.5 Å². The molecule has 1 N–H and O–H groups in total. The predicted octanol–water partition coefficient (Wildman–Crippen LogP) is 2.72. The minimum atomic E-state index is -0.501. The minimum absolute atomic E-state index is 0.501. The maximum Gasteiger partial charge on any atom is 0.0931 e. The SMILES string of the molecule is CCN(CC)C[C@@H](O)c1ccccc1Cl. The summed E-state index contributed by atoms with van der Waals surface area (Å²) in [5.41, 5.74) is 0.811. The minimum Gasteiger partial charge on any atom is -0.387 e. The number of benzene rings is 1. The molecule has 2 nitrogen and oxygen atoms in total. The summed E-state index contributed by atoms with van der Waals surface area (Å²) in [5, 5.41) is 10.6. The van der Waals surface area contributed by atoms with E-state index in [-0.39, 0.29) is 0 Å². The Morgan fingerprint density at radius 3 is 2.40 bits per heavy atom. The lowest BCUT2D eigenvalue weighted by molar-refractivity contribution is 0.119. The zero-order valence-corrected chi connectivity index (χ0v) is 10.0. The molecule has 1 atom stereocenters. The van der Waals surface area contributed by atoms with Crippen LogP contribution in [0, 0.1) is 0 Å². The van der Waals surface area contributed by atoms with E-state index in [1.54, 1.807) is 0 Å². The van der Waals surface area contributed by atoms with Gasteiger partial charge in [0.2, 0.25) is 0 Å². The maximum atomic E-state index is 10.0. The van der Waals surface area contributed by atoms with Gasteiger partial charge in [-0.15, -0.1) is 0 Å². The molecule has 0 unspecified atom stereocenters. The zero-order valence-electron chi connectivity index (χ0n) is 9.28. The molecule has 0 heterocycles.